The molecule has 0 aromatic heterocycles. The number of hydrogen-bond donors (Lipinski definition) is 1. The Hall–Kier alpha value is -0.240. The SMILES string of the molecule is CC1(C)O[C@H]2O[C@H]3[C@H](OC(C)(C)O[C@H]3CN)[C@H]2O1. The molecule has 0 spiro atoms. The summed E-state index contributed by atoms with van der Waals surface area (Å²) in [5, 5.41) is 0. The highest BCUT2D eigenvalue weighted by Crippen LogP contribution is 2.44. The van der Waals surface area contributed by atoms with Gasteiger partial charge in [0.15, 0.2) is 17.9 Å². The Morgan fingerprint density at radius 1 is 0.833 bits per heavy atom. The molecule has 6 heteroatoms. The van der Waals surface area contributed by atoms with Crippen LogP contribution in [0.5, 0.6) is 0 Å². The van der Waals surface area contributed by atoms with Gasteiger partial charge in [-0.1, -0.05) is 0 Å². The Morgan fingerprint density at radius 2 is 1.44 bits per heavy atom. The van der Waals surface area contributed by atoms with Crippen LogP contribution in [-0.4, -0.2) is 48.8 Å². The van der Waals surface area contributed by atoms with Crippen molar-refractivity contribution >= 4 is 0 Å². The van der Waals surface area contributed by atoms with Gasteiger partial charge in [-0.2, -0.15) is 0 Å². The molecule has 3 fully saturated rings. The van der Waals surface area contributed by atoms with Gasteiger partial charge in [-0.3, -0.25) is 0 Å². The van der Waals surface area contributed by atoms with Gasteiger partial charge in [0, 0.05) is 6.54 Å². The largest absolute Gasteiger partial charge is 0.343 e. The van der Waals surface area contributed by atoms with E-state index in [0.717, 1.165) is 0 Å². The van der Waals surface area contributed by atoms with Crippen molar-refractivity contribution in [3.63, 3.8) is 0 Å². The van der Waals surface area contributed by atoms with Crippen molar-refractivity contribution in [2.45, 2.75) is 70.0 Å². The molecule has 3 saturated heterocycles. The number of hydrogen-bond acceptors (Lipinski definition) is 6. The van der Waals surface area contributed by atoms with Gasteiger partial charge in [0.25, 0.3) is 0 Å². The summed E-state index contributed by atoms with van der Waals surface area (Å²) in [4.78, 5) is 0. The van der Waals surface area contributed by atoms with E-state index in [-0.39, 0.29) is 24.4 Å². The first-order valence-corrected chi connectivity index (χ1v) is 6.38. The van der Waals surface area contributed by atoms with E-state index in [4.69, 9.17) is 29.4 Å². The average molecular weight is 259 g/mol. The molecule has 3 aliphatic rings. The van der Waals surface area contributed by atoms with Crippen molar-refractivity contribution < 1.29 is 23.7 Å². The van der Waals surface area contributed by atoms with Crippen LogP contribution >= 0.6 is 0 Å². The molecule has 3 aliphatic heterocycles. The van der Waals surface area contributed by atoms with Crippen molar-refractivity contribution in [1.82, 2.24) is 0 Å². The van der Waals surface area contributed by atoms with E-state index < -0.39 is 17.9 Å². The first kappa shape index (κ1) is 12.8. The molecule has 104 valence electrons. The van der Waals surface area contributed by atoms with E-state index in [9.17, 15) is 0 Å². The van der Waals surface area contributed by atoms with Crippen LogP contribution in [0.4, 0.5) is 0 Å². The van der Waals surface area contributed by atoms with Crippen LogP contribution in [0, 0.1) is 0 Å². The van der Waals surface area contributed by atoms with E-state index >= 15 is 0 Å². The van der Waals surface area contributed by atoms with Gasteiger partial charge in [0.2, 0.25) is 0 Å². The smallest absolute Gasteiger partial charge is 0.190 e. The fraction of sp³-hybridized carbons (Fsp3) is 1.00. The zero-order valence-electron chi connectivity index (χ0n) is 11.2. The summed E-state index contributed by atoms with van der Waals surface area (Å²) in [6.07, 6.45) is -1.24. The van der Waals surface area contributed by atoms with E-state index in [1.54, 1.807) is 0 Å². The first-order valence-electron chi connectivity index (χ1n) is 6.38. The molecular formula is C12H21NO5. The quantitative estimate of drug-likeness (QED) is 0.732. The fourth-order valence-electron chi connectivity index (χ4n) is 2.91. The van der Waals surface area contributed by atoms with Crippen LogP contribution < -0.4 is 5.73 Å². The Balaban J connectivity index is 1.83. The minimum atomic E-state index is -0.681. The maximum atomic E-state index is 5.93. The Morgan fingerprint density at radius 3 is 2.11 bits per heavy atom. The number of rotatable bonds is 1. The van der Waals surface area contributed by atoms with Crippen molar-refractivity contribution in [3.8, 4) is 0 Å². The Kier molecular flexibility index (Phi) is 2.75. The molecule has 0 aliphatic carbocycles. The molecule has 3 heterocycles. The minimum absolute atomic E-state index is 0.195. The normalized spacial score (nSPS) is 48.8. The van der Waals surface area contributed by atoms with Crippen LogP contribution in [0.3, 0.4) is 0 Å². The number of nitrogens with two attached hydrogens (primary N) is 1. The molecule has 3 rings (SSSR count). The number of ether oxygens (including phenoxy) is 5. The molecule has 0 radical (unpaired) electrons. The highest BCUT2D eigenvalue weighted by Gasteiger charge is 2.60. The zero-order chi connectivity index (χ0) is 13.1. The van der Waals surface area contributed by atoms with Gasteiger partial charge in [0.1, 0.15) is 24.4 Å². The van der Waals surface area contributed by atoms with Crippen molar-refractivity contribution in [3.05, 3.63) is 0 Å². The van der Waals surface area contributed by atoms with Gasteiger partial charge in [-0.15, -0.1) is 0 Å². The average Bonchev–Trinajstić information content (AvgIpc) is 2.69. The summed E-state index contributed by atoms with van der Waals surface area (Å²) >= 11 is 0. The lowest BCUT2D eigenvalue weighted by Crippen LogP contribution is -2.57. The second-order valence-electron chi connectivity index (χ2n) is 5.94. The third-order valence-corrected chi connectivity index (χ3v) is 3.48. The van der Waals surface area contributed by atoms with Crippen LogP contribution in [0.1, 0.15) is 27.7 Å². The predicted molar refractivity (Wildman–Crippen MR) is 61.6 cm³/mol. The molecular weight excluding hydrogens is 238 g/mol. The molecule has 6 nitrogen and oxygen atoms in total. The molecule has 0 amide bonds. The molecule has 0 aromatic carbocycles. The summed E-state index contributed by atoms with van der Waals surface area (Å²) < 4.78 is 29.1. The summed E-state index contributed by atoms with van der Waals surface area (Å²) in [6, 6.07) is 0. The first-order chi connectivity index (χ1) is 8.31. The predicted octanol–water partition coefficient (Wildman–Crippen LogP) is 0.342. The molecule has 0 bridgehead atoms. The molecule has 0 saturated carbocycles. The van der Waals surface area contributed by atoms with Gasteiger partial charge in [-0.05, 0) is 27.7 Å². The third-order valence-electron chi connectivity index (χ3n) is 3.48. The number of fused-ring (bicyclic) bond motifs is 3. The summed E-state index contributed by atoms with van der Waals surface area (Å²) in [7, 11) is 0. The molecule has 0 unspecified atom stereocenters. The van der Waals surface area contributed by atoms with Gasteiger partial charge < -0.3 is 29.4 Å². The minimum Gasteiger partial charge on any atom is -0.343 e. The maximum Gasteiger partial charge on any atom is 0.190 e. The maximum absolute atomic E-state index is 5.93. The van der Waals surface area contributed by atoms with Crippen LogP contribution in [0.25, 0.3) is 0 Å². The van der Waals surface area contributed by atoms with E-state index in [1.165, 1.54) is 0 Å². The topological polar surface area (TPSA) is 72.2 Å². The van der Waals surface area contributed by atoms with E-state index in [0.29, 0.717) is 6.54 Å². The molecule has 5 atom stereocenters. The van der Waals surface area contributed by atoms with E-state index in [2.05, 4.69) is 0 Å². The zero-order valence-corrected chi connectivity index (χ0v) is 11.2. The lowest BCUT2D eigenvalue weighted by atomic mass is 10.0. The molecule has 2 N–H and O–H groups in total. The van der Waals surface area contributed by atoms with Gasteiger partial charge in [-0.25, -0.2) is 0 Å². The van der Waals surface area contributed by atoms with E-state index in [1.807, 2.05) is 27.7 Å². The lowest BCUT2D eigenvalue weighted by Gasteiger charge is -2.43. The standard InChI is InChI=1S/C12H21NO5/c1-11(2)15-6(5-13)7-8(16-11)9-10(14-7)18-12(3,4)17-9/h6-10H,5,13H2,1-4H3/t6-,7+,8-,9+,10+/m0/s1. The monoisotopic (exact) mass is 259 g/mol. The van der Waals surface area contributed by atoms with Crippen molar-refractivity contribution in [2.75, 3.05) is 6.54 Å². The summed E-state index contributed by atoms with van der Waals surface area (Å²) in [6.45, 7) is 7.88. The molecule has 18 heavy (non-hydrogen) atoms. The summed E-state index contributed by atoms with van der Waals surface area (Å²) in [5.41, 5.74) is 5.74. The van der Waals surface area contributed by atoms with Gasteiger partial charge in [0.05, 0.1) is 0 Å². The second kappa shape index (κ2) is 3.88. The van der Waals surface area contributed by atoms with Crippen LogP contribution in [0.15, 0.2) is 0 Å². The van der Waals surface area contributed by atoms with Crippen molar-refractivity contribution in [2.24, 2.45) is 5.73 Å². The molecule has 0 aromatic rings. The van der Waals surface area contributed by atoms with Crippen LogP contribution in [0.2, 0.25) is 0 Å². The second-order valence-corrected chi connectivity index (χ2v) is 5.94. The Bertz CT molecular complexity index is 345. The summed E-state index contributed by atoms with van der Waals surface area (Å²) in [5.74, 6) is -1.32. The van der Waals surface area contributed by atoms with Gasteiger partial charge >= 0.3 is 0 Å². The lowest BCUT2D eigenvalue weighted by molar-refractivity contribution is -0.341. The highest BCUT2D eigenvalue weighted by molar-refractivity contribution is 5.00. The fourth-order valence-corrected chi connectivity index (χ4v) is 2.91. The highest BCUT2D eigenvalue weighted by atomic mass is 16.9. The van der Waals surface area contributed by atoms with Crippen LogP contribution in [-0.2, 0) is 23.7 Å². The third kappa shape index (κ3) is 1.97. The van der Waals surface area contributed by atoms with Crippen molar-refractivity contribution in [1.29, 1.82) is 0 Å². The Labute approximate surface area is 107 Å².